The minimum absolute atomic E-state index is 0.0710. The van der Waals surface area contributed by atoms with E-state index in [2.05, 4.69) is 5.32 Å². The predicted molar refractivity (Wildman–Crippen MR) is 81.2 cm³/mol. The first-order valence-corrected chi connectivity index (χ1v) is 6.84. The second kappa shape index (κ2) is 6.54. The second-order valence-corrected chi connectivity index (χ2v) is 4.96. The Morgan fingerprint density at radius 1 is 1.29 bits per heavy atom. The van der Waals surface area contributed by atoms with Crippen molar-refractivity contribution in [3.63, 3.8) is 0 Å². The van der Waals surface area contributed by atoms with E-state index < -0.39 is 10.7 Å². The Hall–Kier alpha value is -2.14. The van der Waals surface area contributed by atoms with Gasteiger partial charge in [-0.2, -0.15) is 0 Å². The molecule has 0 spiro atoms. The Morgan fingerprint density at radius 3 is 2.67 bits per heavy atom. The third kappa shape index (κ3) is 3.70. The molecular weight excluding hydrogens is 295 g/mol. The summed E-state index contributed by atoms with van der Waals surface area (Å²) in [7, 11) is 0. The molecule has 0 aliphatic rings. The number of nitrogens with zero attached hydrogens (tertiary/aromatic N) is 1. The molecule has 0 bridgehead atoms. The van der Waals surface area contributed by atoms with Crippen molar-refractivity contribution in [2.45, 2.75) is 19.9 Å². The monoisotopic (exact) mass is 308 g/mol. The molecule has 0 saturated carbocycles. The Morgan fingerprint density at radius 2 is 2.05 bits per heavy atom. The topological polar surface area (TPSA) is 55.2 Å². The predicted octanol–water partition coefficient (Wildman–Crippen LogP) is 4.56. The lowest BCUT2D eigenvalue weighted by Crippen LogP contribution is -2.02. The zero-order valence-electron chi connectivity index (χ0n) is 11.4. The van der Waals surface area contributed by atoms with E-state index >= 15 is 0 Å². The molecule has 2 rings (SSSR count). The number of nitro groups is 1. The highest BCUT2D eigenvalue weighted by Gasteiger charge is 2.12. The van der Waals surface area contributed by atoms with Gasteiger partial charge >= 0.3 is 0 Å². The van der Waals surface area contributed by atoms with Crippen LogP contribution in [0.1, 0.15) is 18.1 Å². The van der Waals surface area contributed by atoms with Crippen LogP contribution in [0.15, 0.2) is 36.4 Å². The molecule has 0 heterocycles. The van der Waals surface area contributed by atoms with E-state index in [0.717, 1.165) is 0 Å². The average molecular weight is 309 g/mol. The first kappa shape index (κ1) is 15.3. The molecule has 2 aromatic carbocycles. The maximum absolute atomic E-state index is 13.3. The van der Waals surface area contributed by atoms with Gasteiger partial charge < -0.3 is 5.32 Å². The van der Waals surface area contributed by atoms with Gasteiger partial charge in [-0.1, -0.05) is 30.7 Å². The summed E-state index contributed by atoms with van der Waals surface area (Å²) >= 11 is 5.62. The zero-order valence-corrected chi connectivity index (χ0v) is 12.2. The van der Waals surface area contributed by atoms with E-state index in [-0.39, 0.29) is 10.7 Å². The number of hydrogen-bond acceptors (Lipinski definition) is 3. The summed E-state index contributed by atoms with van der Waals surface area (Å²) in [5, 5.41) is 14.1. The number of hydrogen-bond donors (Lipinski definition) is 1. The van der Waals surface area contributed by atoms with Crippen molar-refractivity contribution >= 4 is 23.0 Å². The Labute approximate surface area is 126 Å². The molecule has 2 aromatic rings. The summed E-state index contributed by atoms with van der Waals surface area (Å²) in [5.74, 6) is -0.483. The fourth-order valence-corrected chi connectivity index (χ4v) is 2.11. The lowest BCUT2D eigenvalue weighted by molar-refractivity contribution is -0.385. The minimum Gasteiger partial charge on any atom is -0.381 e. The molecule has 6 heteroatoms. The van der Waals surface area contributed by atoms with Crippen LogP contribution in [-0.2, 0) is 13.0 Å². The zero-order chi connectivity index (χ0) is 15.4. The third-order valence-corrected chi connectivity index (χ3v) is 3.45. The molecule has 0 aliphatic carbocycles. The largest absolute Gasteiger partial charge is 0.381 e. The molecular formula is C15H14ClFN2O2. The van der Waals surface area contributed by atoms with E-state index in [0.29, 0.717) is 29.8 Å². The average Bonchev–Trinajstić information content (AvgIpc) is 2.48. The fraction of sp³-hybridized carbons (Fsp3) is 0.200. The molecule has 0 amide bonds. The van der Waals surface area contributed by atoms with Gasteiger partial charge in [-0.15, -0.1) is 0 Å². The summed E-state index contributed by atoms with van der Waals surface area (Å²) < 4.78 is 13.3. The van der Waals surface area contributed by atoms with Crippen LogP contribution in [0.3, 0.4) is 0 Å². The minimum atomic E-state index is -0.483. The highest BCUT2D eigenvalue weighted by atomic mass is 35.5. The van der Waals surface area contributed by atoms with Crippen LogP contribution in [-0.4, -0.2) is 4.92 Å². The molecule has 0 aliphatic heterocycles. The highest BCUT2D eigenvalue weighted by molar-refractivity contribution is 6.30. The number of nitrogens with one attached hydrogen (secondary N) is 1. The molecule has 0 radical (unpaired) electrons. The van der Waals surface area contributed by atoms with Gasteiger partial charge in [0.2, 0.25) is 0 Å². The van der Waals surface area contributed by atoms with Crippen LogP contribution >= 0.6 is 11.6 Å². The van der Waals surface area contributed by atoms with Crippen LogP contribution in [0, 0.1) is 15.9 Å². The van der Waals surface area contributed by atoms with Gasteiger partial charge in [0, 0.05) is 23.9 Å². The molecule has 0 aromatic heterocycles. The summed E-state index contributed by atoms with van der Waals surface area (Å²) in [6.45, 7) is 2.22. The first-order valence-electron chi connectivity index (χ1n) is 6.46. The van der Waals surface area contributed by atoms with Crippen LogP contribution in [0.25, 0.3) is 0 Å². The third-order valence-electron chi connectivity index (χ3n) is 3.14. The SMILES string of the molecule is CCc1ccc(NCc2ccc(Cl)c(F)c2)cc1[N+](=O)[O-]. The Kier molecular flexibility index (Phi) is 4.75. The molecule has 0 atom stereocenters. The van der Waals surface area contributed by atoms with Crippen molar-refractivity contribution in [1.82, 2.24) is 0 Å². The molecule has 4 nitrogen and oxygen atoms in total. The van der Waals surface area contributed by atoms with Crippen LogP contribution in [0.5, 0.6) is 0 Å². The van der Waals surface area contributed by atoms with Crippen molar-refractivity contribution < 1.29 is 9.31 Å². The Balaban J connectivity index is 2.14. The second-order valence-electron chi connectivity index (χ2n) is 4.56. The van der Waals surface area contributed by atoms with E-state index in [4.69, 9.17) is 11.6 Å². The van der Waals surface area contributed by atoms with Gasteiger partial charge in [-0.3, -0.25) is 10.1 Å². The smallest absolute Gasteiger partial charge is 0.274 e. The van der Waals surface area contributed by atoms with Gasteiger partial charge in [0.05, 0.1) is 9.95 Å². The molecule has 110 valence electrons. The number of aryl methyl sites for hydroxylation is 1. The molecule has 0 unspecified atom stereocenters. The van der Waals surface area contributed by atoms with Crippen LogP contribution in [0.4, 0.5) is 15.8 Å². The van der Waals surface area contributed by atoms with Gasteiger partial charge in [0.1, 0.15) is 5.82 Å². The van der Waals surface area contributed by atoms with Crippen LogP contribution < -0.4 is 5.32 Å². The summed E-state index contributed by atoms with van der Waals surface area (Å²) in [4.78, 5) is 10.6. The van der Waals surface area contributed by atoms with Crippen molar-refractivity contribution in [3.8, 4) is 0 Å². The number of anilines is 1. The lowest BCUT2D eigenvalue weighted by Gasteiger charge is -2.08. The van der Waals surface area contributed by atoms with Crippen molar-refractivity contribution in [2.24, 2.45) is 0 Å². The van der Waals surface area contributed by atoms with Gasteiger partial charge in [0.25, 0.3) is 5.69 Å². The first-order chi connectivity index (χ1) is 10.0. The molecule has 0 saturated heterocycles. The lowest BCUT2D eigenvalue weighted by atomic mass is 10.1. The molecule has 21 heavy (non-hydrogen) atoms. The molecule has 1 N–H and O–H groups in total. The van der Waals surface area contributed by atoms with E-state index in [1.807, 2.05) is 6.92 Å². The Bertz CT molecular complexity index is 677. The van der Waals surface area contributed by atoms with Crippen molar-refractivity contribution in [2.75, 3.05) is 5.32 Å². The quantitative estimate of drug-likeness (QED) is 0.650. The standard InChI is InChI=1S/C15H14ClFN2O2/c1-2-11-4-5-12(8-15(11)19(20)21)18-9-10-3-6-13(16)14(17)7-10/h3-8,18H,2,9H2,1H3. The molecule has 0 fully saturated rings. The van der Waals surface area contributed by atoms with Crippen molar-refractivity contribution in [3.05, 3.63) is 68.5 Å². The normalized spacial score (nSPS) is 10.4. The summed E-state index contributed by atoms with van der Waals surface area (Å²) in [5.41, 5.74) is 2.10. The maximum atomic E-state index is 13.3. The van der Waals surface area contributed by atoms with Gasteiger partial charge in [-0.25, -0.2) is 4.39 Å². The van der Waals surface area contributed by atoms with E-state index in [1.54, 1.807) is 18.2 Å². The number of halogens is 2. The number of rotatable bonds is 5. The summed E-state index contributed by atoms with van der Waals surface area (Å²) in [6, 6.07) is 9.51. The summed E-state index contributed by atoms with van der Waals surface area (Å²) in [6.07, 6.45) is 0.596. The number of benzene rings is 2. The van der Waals surface area contributed by atoms with Crippen LogP contribution in [0.2, 0.25) is 5.02 Å². The van der Waals surface area contributed by atoms with Crippen molar-refractivity contribution in [1.29, 1.82) is 0 Å². The van der Waals surface area contributed by atoms with E-state index in [9.17, 15) is 14.5 Å². The maximum Gasteiger partial charge on any atom is 0.274 e. The van der Waals surface area contributed by atoms with E-state index in [1.165, 1.54) is 18.2 Å². The highest BCUT2D eigenvalue weighted by Crippen LogP contribution is 2.24. The number of nitro benzene ring substituents is 1. The van der Waals surface area contributed by atoms with Gasteiger partial charge in [0.15, 0.2) is 0 Å². The van der Waals surface area contributed by atoms with Gasteiger partial charge in [-0.05, 0) is 30.2 Å². The fourth-order valence-electron chi connectivity index (χ4n) is 2.00.